The van der Waals surface area contributed by atoms with E-state index in [0.717, 1.165) is 36.0 Å². The zero-order valence-electron chi connectivity index (χ0n) is 14.7. The molecule has 0 fully saturated rings. The number of furan rings is 1. The van der Waals surface area contributed by atoms with Crippen LogP contribution in [-0.2, 0) is 11.2 Å². The van der Waals surface area contributed by atoms with E-state index in [2.05, 4.69) is 6.92 Å². The number of carbonyl (C=O) groups excluding carboxylic acids is 2. The van der Waals surface area contributed by atoms with Gasteiger partial charge in [-0.25, -0.2) is 0 Å². The van der Waals surface area contributed by atoms with Gasteiger partial charge < -0.3 is 14.9 Å². The van der Waals surface area contributed by atoms with Crippen LogP contribution in [0.1, 0.15) is 41.4 Å². The summed E-state index contributed by atoms with van der Waals surface area (Å²) in [4.78, 5) is 23.9. The first-order valence-electron chi connectivity index (χ1n) is 8.66. The number of rotatable bonds is 8. The lowest BCUT2D eigenvalue weighted by Gasteiger charge is -2.06. The Bertz CT molecular complexity index is 925. The molecule has 0 saturated heterocycles. The van der Waals surface area contributed by atoms with E-state index in [0.29, 0.717) is 16.9 Å². The Morgan fingerprint density at radius 1 is 1.08 bits per heavy atom. The number of hydrogen-bond acceptors (Lipinski definition) is 4. The third-order valence-electron chi connectivity index (χ3n) is 4.15. The standard InChI is InChI=1S/C21H21NO4/c1-2-3-7-18-20(16-6-4-5-8-17(16)26-18)21(24)14-9-11-15(12-10-14)25-13-19(22)23/h4-6,8-12H,2-3,7,13H2,1H3,(H2,22,23). The Balaban J connectivity index is 1.92. The number of primary amides is 1. The van der Waals surface area contributed by atoms with Crippen LogP contribution in [-0.4, -0.2) is 18.3 Å². The number of hydrogen-bond donors (Lipinski definition) is 1. The Morgan fingerprint density at radius 3 is 2.50 bits per heavy atom. The number of carbonyl (C=O) groups is 2. The molecule has 5 nitrogen and oxygen atoms in total. The van der Waals surface area contributed by atoms with Crippen molar-refractivity contribution in [3.8, 4) is 5.75 Å². The van der Waals surface area contributed by atoms with E-state index in [-0.39, 0.29) is 12.4 Å². The van der Waals surface area contributed by atoms with Gasteiger partial charge >= 0.3 is 0 Å². The highest BCUT2D eigenvalue weighted by Crippen LogP contribution is 2.29. The van der Waals surface area contributed by atoms with Crippen molar-refractivity contribution in [2.75, 3.05) is 6.61 Å². The van der Waals surface area contributed by atoms with Crippen LogP contribution in [0.3, 0.4) is 0 Å². The number of ketones is 1. The van der Waals surface area contributed by atoms with Gasteiger partial charge in [-0.1, -0.05) is 31.5 Å². The Morgan fingerprint density at radius 2 is 1.81 bits per heavy atom. The normalized spacial score (nSPS) is 10.8. The number of benzene rings is 2. The van der Waals surface area contributed by atoms with Gasteiger partial charge in [0.1, 0.15) is 17.1 Å². The molecule has 0 aliphatic rings. The zero-order chi connectivity index (χ0) is 18.5. The molecule has 1 aromatic heterocycles. The summed E-state index contributed by atoms with van der Waals surface area (Å²) in [6.45, 7) is 1.91. The van der Waals surface area contributed by atoms with E-state index in [4.69, 9.17) is 14.9 Å². The van der Waals surface area contributed by atoms with Crippen molar-refractivity contribution in [1.82, 2.24) is 0 Å². The van der Waals surface area contributed by atoms with Crippen LogP contribution < -0.4 is 10.5 Å². The summed E-state index contributed by atoms with van der Waals surface area (Å²) < 4.78 is 11.2. The minimum Gasteiger partial charge on any atom is -0.484 e. The van der Waals surface area contributed by atoms with Crippen molar-refractivity contribution in [3.05, 3.63) is 65.4 Å². The predicted molar refractivity (Wildman–Crippen MR) is 99.4 cm³/mol. The molecule has 0 unspecified atom stereocenters. The minimum atomic E-state index is -0.546. The molecule has 0 saturated carbocycles. The number of ether oxygens (including phenoxy) is 1. The highest BCUT2D eigenvalue weighted by molar-refractivity contribution is 6.16. The van der Waals surface area contributed by atoms with Crippen LogP contribution in [0.25, 0.3) is 11.0 Å². The maximum absolute atomic E-state index is 13.1. The maximum atomic E-state index is 13.1. The molecule has 3 rings (SSSR count). The van der Waals surface area contributed by atoms with E-state index in [1.807, 2.05) is 24.3 Å². The van der Waals surface area contributed by atoms with E-state index in [1.165, 1.54) is 0 Å². The van der Waals surface area contributed by atoms with Gasteiger partial charge in [0.25, 0.3) is 5.91 Å². The molecule has 0 aliphatic carbocycles. The first-order chi connectivity index (χ1) is 12.6. The van der Waals surface area contributed by atoms with Gasteiger partial charge in [0.2, 0.25) is 0 Å². The van der Waals surface area contributed by atoms with Crippen molar-refractivity contribution in [2.45, 2.75) is 26.2 Å². The molecule has 134 valence electrons. The molecule has 0 radical (unpaired) electrons. The lowest BCUT2D eigenvalue weighted by atomic mass is 9.98. The van der Waals surface area contributed by atoms with Crippen molar-refractivity contribution in [2.24, 2.45) is 5.73 Å². The molecule has 1 amide bonds. The van der Waals surface area contributed by atoms with E-state index >= 15 is 0 Å². The second-order valence-electron chi connectivity index (χ2n) is 6.11. The third kappa shape index (κ3) is 3.77. The van der Waals surface area contributed by atoms with Gasteiger partial charge in [0, 0.05) is 17.4 Å². The Labute approximate surface area is 151 Å². The molecule has 26 heavy (non-hydrogen) atoms. The molecule has 1 heterocycles. The summed E-state index contributed by atoms with van der Waals surface area (Å²) >= 11 is 0. The monoisotopic (exact) mass is 351 g/mol. The fraction of sp³-hybridized carbons (Fsp3) is 0.238. The van der Waals surface area contributed by atoms with Crippen LogP contribution >= 0.6 is 0 Å². The number of para-hydroxylation sites is 1. The fourth-order valence-corrected chi connectivity index (χ4v) is 2.86. The van der Waals surface area contributed by atoms with Gasteiger partial charge in [-0.3, -0.25) is 9.59 Å². The van der Waals surface area contributed by atoms with Gasteiger partial charge in [-0.05, 0) is 36.8 Å². The number of unbranched alkanes of at least 4 members (excludes halogenated alkanes) is 1. The van der Waals surface area contributed by atoms with Crippen LogP contribution in [0.4, 0.5) is 0 Å². The van der Waals surface area contributed by atoms with E-state index in [1.54, 1.807) is 24.3 Å². The highest BCUT2D eigenvalue weighted by Gasteiger charge is 2.21. The molecule has 0 bridgehead atoms. The first-order valence-corrected chi connectivity index (χ1v) is 8.66. The summed E-state index contributed by atoms with van der Waals surface area (Å²) in [5, 5.41) is 0.831. The number of nitrogens with two attached hydrogens (primary N) is 1. The molecular weight excluding hydrogens is 330 g/mol. The second kappa shape index (κ2) is 7.87. The van der Waals surface area contributed by atoms with Crippen molar-refractivity contribution in [1.29, 1.82) is 0 Å². The average Bonchev–Trinajstić information content (AvgIpc) is 3.02. The molecule has 0 aliphatic heterocycles. The summed E-state index contributed by atoms with van der Waals surface area (Å²) in [5.74, 6) is 0.591. The van der Waals surface area contributed by atoms with Crippen molar-refractivity contribution in [3.63, 3.8) is 0 Å². The lowest BCUT2D eigenvalue weighted by molar-refractivity contribution is -0.119. The summed E-state index contributed by atoms with van der Waals surface area (Å²) in [6.07, 6.45) is 2.71. The smallest absolute Gasteiger partial charge is 0.255 e. The summed E-state index contributed by atoms with van der Waals surface area (Å²) in [5.41, 5.74) is 6.96. The number of amides is 1. The summed E-state index contributed by atoms with van der Waals surface area (Å²) in [7, 11) is 0. The topological polar surface area (TPSA) is 82.5 Å². The average molecular weight is 351 g/mol. The van der Waals surface area contributed by atoms with Gasteiger partial charge in [-0.15, -0.1) is 0 Å². The summed E-state index contributed by atoms with van der Waals surface area (Å²) in [6, 6.07) is 14.3. The maximum Gasteiger partial charge on any atom is 0.255 e. The van der Waals surface area contributed by atoms with Gasteiger partial charge in [0.15, 0.2) is 12.4 Å². The Hall–Kier alpha value is -3.08. The molecule has 2 N–H and O–H groups in total. The zero-order valence-corrected chi connectivity index (χ0v) is 14.7. The highest BCUT2D eigenvalue weighted by atomic mass is 16.5. The van der Waals surface area contributed by atoms with Crippen molar-refractivity contribution >= 4 is 22.7 Å². The third-order valence-corrected chi connectivity index (χ3v) is 4.15. The fourth-order valence-electron chi connectivity index (χ4n) is 2.86. The molecular formula is C21H21NO4. The van der Waals surface area contributed by atoms with Gasteiger partial charge in [0.05, 0.1) is 5.56 Å². The van der Waals surface area contributed by atoms with E-state index in [9.17, 15) is 9.59 Å². The predicted octanol–water partition coefficient (Wildman–Crippen LogP) is 3.87. The lowest BCUT2D eigenvalue weighted by Crippen LogP contribution is -2.20. The minimum absolute atomic E-state index is 0.0810. The SMILES string of the molecule is CCCCc1oc2ccccc2c1C(=O)c1ccc(OCC(N)=O)cc1. The first kappa shape index (κ1) is 17.7. The molecule has 0 atom stereocenters. The van der Waals surface area contributed by atoms with Crippen LogP contribution in [0.2, 0.25) is 0 Å². The number of aryl methyl sites for hydroxylation is 1. The van der Waals surface area contributed by atoms with Crippen LogP contribution in [0.5, 0.6) is 5.75 Å². The Kier molecular flexibility index (Phi) is 5.37. The second-order valence-corrected chi connectivity index (χ2v) is 6.11. The van der Waals surface area contributed by atoms with Crippen molar-refractivity contribution < 1.29 is 18.7 Å². The largest absolute Gasteiger partial charge is 0.484 e. The number of fused-ring (bicyclic) bond motifs is 1. The molecule has 0 spiro atoms. The van der Waals surface area contributed by atoms with Crippen LogP contribution in [0, 0.1) is 0 Å². The quantitative estimate of drug-likeness (QED) is 0.625. The van der Waals surface area contributed by atoms with E-state index < -0.39 is 5.91 Å². The molecule has 2 aromatic carbocycles. The molecule has 5 heteroatoms. The molecule has 3 aromatic rings. The van der Waals surface area contributed by atoms with Crippen LogP contribution in [0.15, 0.2) is 52.9 Å². The van der Waals surface area contributed by atoms with Gasteiger partial charge in [-0.2, -0.15) is 0 Å².